The fourth-order valence-electron chi connectivity index (χ4n) is 4.03. The molecule has 1 amide bonds. The summed E-state index contributed by atoms with van der Waals surface area (Å²) in [6, 6.07) is 18.2. The van der Waals surface area contributed by atoms with E-state index in [-0.39, 0.29) is 5.91 Å². The highest BCUT2D eigenvalue weighted by Gasteiger charge is 2.42. The van der Waals surface area contributed by atoms with Crippen LogP contribution in [0.5, 0.6) is 0 Å². The number of nitrogens with zero attached hydrogens (tertiary/aromatic N) is 3. The van der Waals surface area contributed by atoms with Crippen LogP contribution in [0.4, 0.5) is 0 Å². The third-order valence-corrected chi connectivity index (χ3v) is 7.09. The molecule has 2 aliphatic rings. The Kier molecular flexibility index (Phi) is 6.01. The van der Waals surface area contributed by atoms with Crippen molar-refractivity contribution in [2.45, 2.75) is 43.3 Å². The lowest BCUT2D eigenvalue weighted by Gasteiger charge is -2.17. The number of carbonyl (C=O) groups excluding carboxylic acids is 1. The third-order valence-electron chi connectivity index (χ3n) is 5.91. The highest BCUT2D eigenvalue weighted by atomic mass is 35.5. The van der Waals surface area contributed by atoms with Crippen molar-refractivity contribution in [2.24, 2.45) is 11.8 Å². The van der Waals surface area contributed by atoms with Crippen LogP contribution >= 0.6 is 23.4 Å². The van der Waals surface area contributed by atoms with Gasteiger partial charge in [0, 0.05) is 23.2 Å². The number of carbonyl (C=O) groups is 1. The van der Waals surface area contributed by atoms with Crippen LogP contribution in [0.15, 0.2) is 59.8 Å². The molecule has 0 saturated heterocycles. The van der Waals surface area contributed by atoms with Crippen molar-refractivity contribution in [3.8, 4) is 5.69 Å². The SMILES string of the molecule is O=C(CSc1nnc(Cc2ccccc2)n1-c1ccc(Cl)cc1)NC(C1CC1)C1CC1. The van der Waals surface area contributed by atoms with Gasteiger partial charge in [0.05, 0.1) is 5.75 Å². The van der Waals surface area contributed by atoms with E-state index in [1.807, 2.05) is 47.0 Å². The average Bonchev–Trinajstić information content (AvgIpc) is 3.71. The molecule has 31 heavy (non-hydrogen) atoms. The molecular weight excluding hydrogens is 428 g/mol. The van der Waals surface area contributed by atoms with Crippen LogP contribution in [-0.2, 0) is 11.2 Å². The predicted octanol–water partition coefficient (Wildman–Crippen LogP) is 4.91. The van der Waals surface area contributed by atoms with Crippen LogP contribution in [0.1, 0.15) is 37.1 Å². The monoisotopic (exact) mass is 452 g/mol. The first-order chi connectivity index (χ1) is 15.2. The van der Waals surface area contributed by atoms with E-state index in [0.717, 1.165) is 22.2 Å². The standard InChI is InChI=1S/C24H25ClN4OS/c25-19-10-12-20(13-11-19)29-21(14-16-4-2-1-3-5-16)27-28-24(29)31-15-22(30)26-23(17-6-7-17)18-8-9-18/h1-5,10-13,17-18,23H,6-9,14-15H2,(H,26,30). The highest BCUT2D eigenvalue weighted by Crippen LogP contribution is 2.44. The Hall–Kier alpha value is -2.31. The van der Waals surface area contributed by atoms with E-state index in [2.05, 4.69) is 27.6 Å². The third kappa shape index (κ3) is 5.13. The van der Waals surface area contributed by atoms with Crippen molar-refractivity contribution >= 4 is 29.3 Å². The Labute approximate surface area is 191 Å². The van der Waals surface area contributed by atoms with E-state index in [9.17, 15) is 4.79 Å². The van der Waals surface area contributed by atoms with Crippen LogP contribution < -0.4 is 5.32 Å². The summed E-state index contributed by atoms with van der Waals surface area (Å²) in [5.74, 6) is 2.65. The van der Waals surface area contributed by atoms with E-state index in [0.29, 0.717) is 35.1 Å². The van der Waals surface area contributed by atoms with Crippen molar-refractivity contribution in [2.75, 3.05) is 5.75 Å². The van der Waals surface area contributed by atoms with Crippen LogP contribution in [0.2, 0.25) is 5.02 Å². The molecule has 0 aliphatic heterocycles. The van der Waals surface area contributed by atoms with Gasteiger partial charge in [0.2, 0.25) is 5.91 Å². The zero-order valence-electron chi connectivity index (χ0n) is 17.2. The Morgan fingerprint density at radius 1 is 1.03 bits per heavy atom. The number of nitrogens with one attached hydrogen (secondary N) is 1. The molecule has 7 heteroatoms. The van der Waals surface area contributed by atoms with Crippen molar-refractivity contribution < 1.29 is 4.79 Å². The Balaban J connectivity index is 1.33. The molecule has 5 rings (SSSR count). The van der Waals surface area contributed by atoms with E-state index in [1.165, 1.54) is 37.4 Å². The Morgan fingerprint density at radius 2 is 1.71 bits per heavy atom. The van der Waals surface area contributed by atoms with Crippen LogP contribution in [-0.4, -0.2) is 32.5 Å². The number of benzene rings is 2. The molecule has 5 nitrogen and oxygen atoms in total. The number of thioether (sulfide) groups is 1. The van der Waals surface area contributed by atoms with Gasteiger partial charge in [-0.25, -0.2) is 0 Å². The van der Waals surface area contributed by atoms with Gasteiger partial charge >= 0.3 is 0 Å². The summed E-state index contributed by atoms with van der Waals surface area (Å²) in [6.45, 7) is 0. The van der Waals surface area contributed by atoms with Crippen LogP contribution in [0.25, 0.3) is 5.69 Å². The topological polar surface area (TPSA) is 59.8 Å². The average molecular weight is 453 g/mol. The van der Waals surface area contributed by atoms with Crippen LogP contribution in [0.3, 0.4) is 0 Å². The molecule has 1 heterocycles. The van der Waals surface area contributed by atoms with Gasteiger partial charge in [-0.15, -0.1) is 10.2 Å². The van der Waals surface area contributed by atoms with Crippen molar-refractivity contribution in [3.63, 3.8) is 0 Å². The molecule has 0 atom stereocenters. The first-order valence-corrected chi connectivity index (χ1v) is 12.2. The van der Waals surface area contributed by atoms with Gasteiger partial charge in [-0.3, -0.25) is 9.36 Å². The lowest BCUT2D eigenvalue weighted by atomic mass is 10.1. The summed E-state index contributed by atoms with van der Waals surface area (Å²) in [6.07, 6.45) is 5.67. The second-order valence-corrected chi connectivity index (χ2v) is 9.81. The zero-order valence-corrected chi connectivity index (χ0v) is 18.8. The molecule has 0 bridgehead atoms. The largest absolute Gasteiger partial charge is 0.352 e. The normalized spacial score (nSPS) is 15.9. The minimum atomic E-state index is 0.0871. The fraction of sp³-hybridized carbons (Fsp3) is 0.375. The molecule has 1 N–H and O–H groups in total. The van der Waals surface area contributed by atoms with E-state index < -0.39 is 0 Å². The Morgan fingerprint density at radius 3 is 2.35 bits per heavy atom. The Bertz CT molecular complexity index is 1030. The smallest absolute Gasteiger partial charge is 0.230 e. The maximum Gasteiger partial charge on any atom is 0.230 e. The quantitative estimate of drug-likeness (QED) is 0.469. The molecular formula is C24H25ClN4OS. The number of aromatic nitrogens is 3. The maximum absolute atomic E-state index is 12.7. The van der Waals surface area contributed by atoms with Crippen molar-refractivity contribution in [1.29, 1.82) is 0 Å². The molecule has 2 fully saturated rings. The van der Waals surface area contributed by atoms with Gasteiger partial charge in [0.25, 0.3) is 0 Å². The van der Waals surface area contributed by atoms with Crippen molar-refractivity contribution in [3.05, 3.63) is 71.0 Å². The number of rotatable bonds is 9. The number of hydrogen-bond donors (Lipinski definition) is 1. The lowest BCUT2D eigenvalue weighted by Crippen LogP contribution is -2.39. The summed E-state index contributed by atoms with van der Waals surface area (Å²) < 4.78 is 2.03. The summed E-state index contributed by atoms with van der Waals surface area (Å²) in [5.41, 5.74) is 2.10. The van der Waals surface area contributed by atoms with Gasteiger partial charge in [-0.1, -0.05) is 53.7 Å². The minimum Gasteiger partial charge on any atom is -0.352 e. The highest BCUT2D eigenvalue weighted by molar-refractivity contribution is 7.99. The molecule has 1 aromatic heterocycles. The number of halogens is 1. The predicted molar refractivity (Wildman–Crippen MR) is 124 cm³/mol. The summed E-state index contributed by atoms with van der Waals surface area (Å²) in [7, 11) is 0. The van der Waals surface area contributed by atoms with Gasteiger partial charge in [-0.05, 0) is 67.3 Å². The fourth-order valence-corrected chi connectivity index (χ4v) is 4.93. The molecule has 2 aromatic carbocycles. The maximum atomic E-state index is 12.7. The molecule has 2 aliphatic carbocycles. The van der Waals surface area contributed by atoms with Gasteiger partial charge in [0.15, 0.2) is 5.16 Å². The van der Waals surface area contributed by atoms with Crippen LogP contribution in [0, 0.1) is 11.8 Å². The van der Waals surface area contributed by atoms with Gasteiger partial charge in [-0.2, -0.15) is 0 Å². The van der Waals surface area contributed by atoms with Crippen molar-refractivity contribution in [1.82, 2.24) is 20.1 Å². The van der Waals surface area contributed by atoms with E-state index in [4.69, 9.17) is 11.6 Å². The molecule has 2 saturated carbocycles. The van der Waals surface area contributed by atoms with Gasteiger partial charge < -0.3 is 5.32 Å². The first-order valence-electron chi connectivity index (χ1n) is 10.8. The molecule has 3 aromatic rings. The van der Waals surface area contributed by atoms with Gasteiger partial charge in [0.1, 0.15) is 5.82 Å². The molecule has 0 radical (unpaired) electrons. The molecule has 0 spiro atoms. The molecule has 0 unspecified atom stereocenters. The number of hydrogen-bond acceptors (Lipinski definition) is 4. The number of amides is 1. The first kappa shape index (κ1) is 20.6. The minimum absolute atomic E-state index is 0.0871. The summed E-state index contributed by atoms with van der Waals surface area (Å²) in [5, 5.41) is 13.6. The van der Waals surface area contributed by atoms with E-state index in [1.54, 1.807) is 0 Å². The zero-order chi connectivity index (χ0) is 21.2. The summed E-state index contributed by atoms with van der Waals surface area (Å²) in [4.78, 5) is 12.7. The summed E-state index contributed by atoms with van der Waals surface area (Å²) >= 11 is 7.53. The van der Waals surface area contributed by atoms with E-state index >= 15 is 0 Å². The second-order valence-electron chi connectivity index (χ2n) is 8.43. The second kappa shape index (κ2) is 9.05. The molecule has 160 valence electrons. The lowest BCUT2D eigenvalue weighted by molar-refractivity contribution is -0.119.